The minimum atomic E-state index is 0.203. The van der Waals surface area contributed by atoms with Crippen molar-refractivity contribution in [3.8, 4) is 0 Å². The van der Waals surface area contributed by atoms with Gasteiger partial charge in [0.1, 0.15) is 0 Å². The Morgan fingerprint density at radius 3 is 1.59 bits per heavy atom. The fraction of sp³-hybridized carbons (Fsp3) is 0.857. The second-order valence-corrected chi connectivity index (χ2v) is 7.08. The molecule has 0 spiro atoms. The molecule has 1 heterocycles. The van der Waals surface area contributed by atoms with Crippen molar-refractivity contribution in [3.05, 3.63) is 12.4 Å². The molecule has 0 N–H and O–H groups in total. The molecule has 0 radical (unpaired) electrons. The van der Waals surface area contributed by atoms with Crippen LogP contribution in [0.5, 0.6) is 0 Å². The van der Waals surface area contributed by atoms with Crippen LogP contribution in [0.3, 0.4) is 0 Å². The number of hydrogen-bond acceptors (Lipinski definition) is 2. The van der Waals surface area contributed by atoms with Crippen molar-refractivity contribution in [2.45, 2.75) is 78.7 Å². The lowest BCUT2D eigenvalue weighted by molar-refractivity contribution is 0.278. The average molecular weight is 236 g/mol. The molecule has 1 rings (SSSR count). The molecule has 0 aliphatic carbocycles. The van der Waals surface area contributed by atoms with E-state index in [1.54, 1.807) is 0 Å². The van der Waals surface area contributed by atoms with E-state index in [0.29, 0.717) is 6.98 Å². The monoisotopic (exact) mass is 236 g/mol. The van der Waals surface area contributed by atoms with Crippen LogP contribution in [0.1, 0.15) is 61.3 Å². The maximum atomic E-state index is 2.51. The maximum Gasteiger partial charge on any atom is 0.375 e. The lowest BCUT2D eigenvalue weighted by atomic mass is 9.64. The van der Waals surface area contributed by atoms with Gasteiger partial charge in [-0.05, 0) is 47.9 Å². The second kappa shape index (κ2) is 4.95. The standard InChI is InChI=1S/C14H29BN2/c1-8-9-10-15-16(13(2,3)4)11-12-17(15)14(5,6)7/h11-12H,8-10H2,1-7H3. The summed E-state index contributed by atoms with van der Waals surface area (Å²) in [5, 5.41) is 0. The highest BCUT2D eigenvalue weighted by molar-refractivity contribution is 6.54. The van der Waals surface area contributed by atoms with Crippen molar-refractivity contribution in [3.63, 3.8) is 0 Å². The van der Waals surface area contributed by atoms with Crippen molar-refractivity contribution in [2.24, 2.45) is 0 Å². The van der Waals surface area contributed by atoms with E-state index in [4.69, 9.17) is 0 Å². The molecule has 0 amide bonds. The molecular formula is C14H29BN2. The van der Waals surface area contributed by atoms with E-state index < -0.39 is 0 Å². The topological polar surface area (TPSA) is 6.48 Å². The lowest BCUT2D eigenvalue weighted by Gasteiger charge is -2.43. The van der Waals surface area contributed by atoms with Gasteiger partial charge in [-0.25, -0.2) is 0 Å². The van der Waals surface area contributed by atoms with Gasteiger partial charge in [0.05, 0.1) is 0 Å². The van der Waals surface area contributed by atoms with Gasteiger partial charge in [0.25, 0.3) is 0 Å². The molecule has 0 saturated carbocycles. The first-order valence-corrected chi connectivity index (χ1v) is 6.93. The van der Waals surface area contributed by atoms with Crippen LogP contribution in [-0.4, -0.2) is 27.7 Å². The minimum absolute atomic E-state index is 0.203. The zero-order chi connectivity index (χ0) is 13.3. The Hall–Kier alpha value is -0.595. The molecule has 17 heavy (non-hydrogen) atoms. The predicted molar refractivity (Wildman–Crippen MR) is 77.8 cm³/mol. The lowest BCUT2D eigenvalue weighted by Crippen LogP contribution is -2.56. The van der Waals surface area contributed by atoms with Gasteiger partial charge < -0.3 is 9.62 Å². The third-order valence-corrected chi connectivity index (χ3v) is 3.40. The quantitative estimate of drug-likeness (QED) is 0.684. The Morgan fingerprint density at radius 1 is 0.882 bits per heavy atom. The highest BCUT2D eigenvalue weighted by Crippen LogP contribution is 2.31. The molecule has 1 aliphatic rings. The summed E-state index contributed by atoms with van der Waals surface area (Å²) in [5.74, 6) is 0. The van der Waals surface area contributed by atoms with Crippen LogP contribution >= 0.6 is 0 Å². The molecule has 0 aromatic carbocycles. The molecular weight excluding hydrogens is 207 g/mol. The highest BCUT2D eigenvalue weighted by atomic mass is 15.3. The third-order valence-electron chi connectivity index (χ3n) is 3.40. The van der Waals surface area contributed by atoms with Gasteiger partial charge in [-0.3, -0.25) is 0 Å². The summed E-state index contributed by atoms with van der Waals surface area (Å²) in [5.41, 5.74) is 0.407. The van der Waals surface area contributed by atoms with Crippen molar-refractivity contribution in [2.75, 3.05) is 0 Å². The van der Waals surface area contributed by atoms with Gasteiger partial charge in [0, 0.05) is 23.5 Å². The van der Waals surface area contributed by atoms with Gasteiger partial charge in [-0.15, -0.1) is 0 Å². The Bertz CT molecular complexity index is 249. The Labute approximate surface area is 108 Å². The van der Waals surface area contributed by atoms with Crippen molar-refractivity contribution < 1.29 is 0 Å². The molecule has 98 valence electrons. The summed E-state index contributed by atoms with van der Waals surface area (Å²) < 4.78 is 0. The molecule has 0 aromatic rings. The van der Waals surface area contributed by atoms with Crippen molar-refractivity contribution >= 4 is 6.98 Å². The average Bonchev–Trinajstić information content (AvgIpc) is 2.56. The van der Waals surface area contributed by atoms with Gasteiger partial charge >= 0.3 is 6.98 Å². The first-order valence-electron chi connectivity index (χ1n) is 6.93. The summed E-state index contributed by atoms with van der Waals surface area (Å²) in [6, 6.07) is 0. The summed E-state index contributed by atoms with van der Waals surface area (Å²) in [6.45, 7) is 16.6. The molecule has 1 aliphatic heterocycles. The van der Waals surface area contributed by atoms with Crippen LogP contribution < -0.4 is 0 Å². The molecule has 0 unspecified atom stereocenters. The van der Waals surface area contributed by atoms with Gasteiger partial charge in [0.2, 0.25) is 0 Å². The van der Waals surface area contributed by atoms with Gasteiger partial charge in [0.15, 0.2) is 0 Å². The summed E-state index contributed by atoms with van der Waals surface area (Å²) in [6.07, 6.45) is 8.35. The zero-order valence-corrected chi connectivity index (χ0v) is 12.7. The number of hydrogen-bond donors (Lipinski definition) is 0. The first kappa shape index (κ1) is 14.5. The third kappa shape index (κ3) is 3.43. The van der Waals surface area contributed by atoms with E-state index in [0.717, 1.165) is 0 Å². The molecule has 0 saturated heterocycles. The molecule has 0 fully saturated rings. The largest absolute Gasteiger partial charge is 0.396 e. The Morgan fingerprint density at radius 2 is 1.29 bits per heavy atom. The highest BCUT2D eigenvalue weighted by Gasteiger charge is 2.41. The van der Waals surface area contributed by atoms with E-state index in [1.165, 1.54) is 19.2 Å². The van der Waals surface area contributed by atoms with Crippen LogP contribution in [0.15, 0.2) is 12.4 Å². The summed E-state index contributed by atoms with van der Waals surface area (Å²) in [7, 11) is 0. The SMILES string of the molecule is CCCCB1N(C(C)(C)C)C=CN1C(C)(C)C. The van der Waals surface area contributed by atoms with Crippen LogP contribution in [0.4, 0.5) is 0 Å². The van der Waals surface area contributed by atoms with Crippen LogP contribution in [-0.2, 0) is 0 Å². The second-order valence-electron chi connectivity index (χ2n) is 7.08. The number of nitrogens with zero attached hydrogens (tertiary/aromatic N) is 2. The van der Waals surface area contributed by atoms with Crippen LogP contribution in [0, 0.1) is 0 Å². The van der Waals surface area contributed by atoms with Crippen LogP contribution in [0.2, 0.25) is 6.32 Å². The van der Waals surface area contributed by atoms with E-state index in [1.807, 2.05) is 0 Å². The fourth-order valence-corrected chi connectivity index (χ4v) is 2.48. The maximum absolute atomic E-state index is 2.51. The predicted octanol–water partition coefficient (Wildman–Crippen LogP) is 3.96. The Kier molecular flexibility index (Phi) is 4.21. The molecule has 0 bridgehead atoms. The van der Waals surface area contributed by atoms with Gasteiger partial charge in [-0.1, -0.05) is 19.8 Å². The number of unbranched alkanes of at least 4 members (excludes halogenated alkanes) is 1. The smallest absolute Gasteiger partial charge is 0.375 e. The Balaban J connectivity index is 2.86. The van der Waals surface area contributed by atoms with Crippen LogP contribution in [0.25, 0.3) is 0 Å². The molecule has 3 heteroatoms. The fourth-order valence-electron chi connectivity index (χ4n) is 2.48. The minimum Gasteiger partial charge on any atom is -0.396 e. The van der Waals surface area contributed by atoms with E-state index >= 15 is 0 Å². The van der Waals surface area contributed by atoms with E-state index in [-0.39, 0.29) is 11.1 Å². The summed E-state index contributed by atoms with van der Waals surface area (Å²) >= 11 is 0. The van der Waals surface area contributed by atoms with Gasteiger partial charge in [-0.2, -0.15) is 0 Å². The van der Waals surface area contributed by atoms with Crippen molar-refractivity contribution in [1.82, 2.24) is 9.62 Å². The molecule has 0 atom stereocenters. The number of rotatable bonds is 3. The summed E-state index contributed by atoms with van der Waals surface area (Å²) in [4.78, 5) is 5.02. The zero-order valence-electron chi connectivity index (χ0n) is 12.7. The van der Waals surface area contributed by atoms with E-state index in [2.05, 4.69) is 70.5 Å². The first-order chi connectivity index (χ1) is 7.68. The van der Waals surface area contributed by atoms with Crippen molar-refractivity contribution in [1.29, 1.82) is 0 Å². The molecule has 0 aromatic heterocycles. The molecule has 2 nitrogen and oxygen atoms in total. The normalized spacial score (nSPS) is 17.2. The van der Waals surface area contributed by atoms with E-state index in [9.17, 15) is 0 Å².